The molecule has 0 radical (unpaired) electrons. The number of hydrogen-bond acceptors (Lipinski definition) is 2. The van der Waals surface area contributed by atoms with E-state index in [4.69, 9.17) is 4.74 Å². The number of benzene rings is 2. The molecule has 1 aliphatic carbocycles. The van der Waals surface area contributed by atoms with Gasteiger partial charge < -0.3 is 9.84 Å². The second-order valence-electron chi connectivity index (χ2n) is 7.26. The molecular weight excluding hydrogens is 296 g/mol. The highest BCUT2D eigenvalue weighted by atomic mass is 16.5. The lowest BCUT2D eigenvalue weighted by Crippen LogP contribution is -2.41. The van der Waals surface area contributed by atoms with Crippen molar-refractivity contribution in [1.82, 2.24) is 0 Å². The summed E-state index contributed by atoms with van der Waals surface area (Å²) >= 11 is 0. The molecule has 0 saturated carbocycles. The van der Waals surface area contributed by atoms with Gasteiger partial charge in [0.25, 0.3) is 0 Å². The first kappa shape index (κ1) is 15.9. The van der Waals surface area contributed by atoms with E-state index in [1.165, 1.54) is 16.7 Å². The third kappa shape index (κ3) is 2.58. The highest BCUT2D eigenvalue weighted by Gasteiger charge is 2.50. The monoisotopic (exact) mass is 322 g/mol. The minimum absolute atomic E-state index is 0.308. The smallest absolute Gasteiger partial charge is 0.0994 e. The van der Waals surface area contributed by atoms with Gasteiger partial charge in [-0.25, -0.2) is 0 Å². The fourth-order valence-electron chi connectivity index (χ4n) is 4.60. The lowest BCUT2D eigenvalue weighted by atomic mass is 9.74. The number of rotatable bonds is 3. The first-order valence-electron chi connectivity index (χ1n) is 9.22. The van der Waals surface area contributed by atoms with Crippen LogP contribution in [-0.2, 0) is 23.2 Å². The molecule has 1 heterocycles. The number of aliphatic hydroxyl groups excluding tert-OH is 1. The van der Waals surface area contributed by atoms with Crippen molar-refractivity contribution in [3.8, 4) is 0 Å². The van der Waals surface area contributed by atoms with Crippen LogP contribution in [0.5, 0.6) is 0 Å². The minimum atomic E-state index is -0.399. The molecule has 1 fully saturated rings. The predicted molar refractivity (Wildman–Crippen MR) is 95.9 cm³/mol. The first-order chi connectivity index (χ1) is 11.7. The Kier molecular flexibility index (Phi) is 4.19. The van der Waals surface area contributed by atoms with Crippen molar-refractivity contribution in [1.29, 1.82) is 0 Å². The topological polar surface area (TPSA) is 29.5 Å². The van der Waals surface area contributed by atoms with Crippen molar-refractivity contribution in [2.24, 2.45) is 5.92 Å². The SMILES string of the molecule is CCc1ccc(CC2CCCOC23CC(O)c2ccccc23)cc1. The molecule has 0 aromatic heterocycles. The number of aliphatic hydroxyl groups is 1. The van der Waals surface area contributed by atoms with Gasteiger partial charge in [0.1, 0.15) is 0 Å². The largest absolute Gasteiger partial charge is 0.388 e. The third-order valence-electron chi connectivity index (χ3n) is 5.90. The summed E-state index contributed by atoms with van der Waals surface area (Å²) in [6, 6.07) is 17.3. The number of fused-ring (bicyclic) bond motifs is 2. The summed E-state index contributed by atoms with van der Waals surface area (Å²) in [6.07, 6.45) is 4.67. The van der Waals surface area contributed by atoms with Crippen molar-refractivity contribution in [3.05, 3.63) is 70.8 Å². The maximum atomic E-state index is 10.6. The zero-order valence-corrected chi connectivity index (χ0v) is 14.4. The van der Waals surface area contributed by atoms with Gasteiger partial charge in [0.15, 0.2) is 0 Å². The van der Waals surface area contributed by atoms with Crippen LogP contribution in [0, 0.1) is 5.92 Å². The summed E-state index contributed by atoms with van der Waals surface area (Å²) in [5, 5.41) is 10.6. The summed E-state index contributed by atoms with van der Waals surface area (Å²) in [5.41, 5.74) is 4.73. The van der Waals surface area contributed by atoms with Crippen molar-refractivity contribution in [2.45, 2.75) is 50.7 Å². The summed E-state index contributed by atoms with van der Waals surface area (Å²) in [7, 11) is 0. The average molecular weight is 322 g/mol. The maximum Gasteiger partial charge on any atom is 0.0994 e. The Morgan fingerprint density at radius 2 is 1.83 bits per heavy atom. The number of hydrogen-bond donors (Lipinski definition) is 1. The molecule has 24 heavy (non-hydrogen) atoms. The Hall–Kier alpha value is -1.64. The van der Waals surface area contributed by atoms with Crippen LogP contribution in [-0.4, -0.2) is 11.7 Å². The molecule has 0 amide bonds. The molecule has 1 aliphatic heterocycles. The highest BCUT2D eigenvalue weighted by Crippen LogP contribution is 2.53. The van der Waals surface area contributed by atoms with E-state index in [0.717, 1.165) is 37.9 Å². The summed E-state index contributed by atoms with van der Waals surface area (Å²) < 4.78 is 6.39. The molecule has 0 bridgehead atoms. The van der Waals surface area contributed by atoms with Gasteiger partial charge in [-0.2, -0.15) is 0 Å². The zero-order valence-electron chi connectivity index (χ0n) is 14.4. The van der Waals surface area contributed by atoms with Crippen LogP contribution in [0.15, 0.2) is 48.5 Å². The van der Waals surface area contributed by atoms with E-state index in [-0.39, 0.29) is 5.60 Å². The second kappa shape index (κ2) is 6.34. The number of ether oxygens (including phenoxy) is 1. The third-order valence-corrected chi connectivity index (χ3v) is 5.90. The first-order valence-corrected chi connectivity index (χ1v) is 9.22. The number of aryl methyl sites for hydroxylation is 1. The fraction of sp³-hybridized carbons (Fsp3) is 0.455. The minimum Gasteiger partial charge on any atom is -0.388 e. The molecule has 1 saturated heterocycles. The fourth-order valence-corrected chi connectivity index (χ4v) is 4.60. The Balaban J connectivity index is 1.66. The van der Waals surface area contributed by atoms with E-state index in [1.807, 2.05) is 6.07 Å². The summed E-state index contributed by atoms with van der Waals surface area (Å²) in [6.45, 7) is 2.99. The molecule has 3 unspecified atom stereocenters. The Labute approximate surface area is 144 Å². The second-order valence-corrected chi connectivity index (χ2v) is 7.26. The van der Waals surface area contributed by atoms with Crippen LogP contribution < -0.4 is 0 Å². The van der Waals surface area contributed by atoms with Crippen molar-refractivity contribution in [2.75, 3.05) is 6.61 Å². The standard InChI is InChI=1S/C22H26O2/c1-2-16-9-11-17(12-10-16)14-18-6-5-13-24-22(18)15-21(23)19-7-3-4-8-20(19)22/h3-4,7-12,18,21,23H,2,5-6,13-15H2,1H3. The zero-order chi connectivity index (χ0) is 16.6. The van der Waals surface area contributed by atoms with Gasteiger partial charge in [-0.3, -0.25) is 0 Å². The van der Waals surface area contributed by atoms with Crippen LogP contribution in [0.25, 0.3) is 0 Å². The summed E-state index contributed by atoms with van der Waals surface area (Å²) in [5.74, 6) is 0.428. The van der Waals surface area contributed by atoms with Gasteiger partial charge in [-0.15, -0.1) is 0 Å². The quantitative estimate of drug-likeness (QED) is 0.898. The highest BCUT2D eigenvalue weighted by molar-refractivity contribution is 5.41. The Bertz CT molecular complexity index is 706. The average Bonchev–Trinajstić information content (AvgIpc) is 2.91. The molecule has 1 spiro atoms. The van der Waals surface area contributed by atoms with Gasteiger partial charge in [-0.1, -0.05) is 55.5 Å². The molecule has 2 aromatic rings. The van der Waals surface area contributed by atoms with Gasteiger partial charge >= 0.3 is 0 Å². The van der Waals surface area contributed by atoms with Crippen LogP contribution >= 0.6 is 0 Å². The van der Waals surface area contributed by atoms with E-state index in [2.05, 4.69) is 49.4 Å². The van der Waals surface area contributed by atoms with Crippen molar-refractivity contribution < 1.29 is 9.84 Å². The van der Waals surface area contributed by atoms with Crippen molar-refractivity contribution >= 4 is 0 Å². The predicted octanol–water partition coefficient (Wildman–Crippen LogP) is 4.55. The van der Waals surface area contributed by atoms with E-state index in [0.29, 0.717) is 12.3 Å². The molecule has 126 valence electrons. The molecule has 2 heteroatoms. The van der Waals surface area contributed by atoms with E-state index in [9.17, 15) is 5.11 Å². The Morgan fingerprint density at radius 3 is 2.62 bits per heavy atom. The lowest BCUT2D eigenvalue weighted by Gasteiger charge is -2.42. The summed E-state index contributed by atoms with van der Waals surface area (Å²) in [4.78, 5) is 0. The van der Waals surface area contributed by atoms with Gasteiger partial charge in [-0.05, 0) is 53.9 Å². The maximum absolute atomic E-state index is 10.6. The van der Waals surface area contributed by atoms with Crippen LogP contribution in [0.3, 0.4) is 0 Å². The van der Waals surface area contributed by atoms with Gasteiger partial charge in [0, 0.05) is 13.0 Å². The van der Waals surface area contributed by atoms with Gasteiger partial charge in [0.2, 0.25) is 0 Å². The normalized spacial score (nSPS) is 28.9. The van der Waals surface area contributed by atoms with Crippen LogP contribution in [0.2, 0.25) is 0 Å². The molecule has 2 nitrogen and oxygen atoms in total. The van der Waals surface area contributed by atoms with Crippen molar-refractivity contribution in [3.63, 3.8) is 0 Å². The lowest BCUT2D eigenvalue weighted by molar-refractivity contribution is -0.135. The molecule has 2 aliphatic rings. The van der Waals surface area contributed by atoms with E-state index < -0.39 is 6.10 Å². The van der Waals surface area contributed by atoms with Gasteiger partial charge in [0.05, 0.1) is 11.7 Å². The Morgan fingerprint density at radius 1 is 1.08 bits per heavy atom. The van der Waals surface area contributed by atoms with Crippen LogP contribution in [0.1, 0.15) is 54.5 Å². The molecule has 2 aromatic carbocycles. The van der Waals surface area contributed by atoms with E-state index >= 15 is 0 Å². The molecule has 1 N–H and O–H groups in total. The molecular formula is C22H26O2. The van der Waals surface area contributed by atoms with Crippen LogP contribution in [0.4, 0.5) is 0 Å². The molecule has 3 atom stereocenters. The molecule has 4 rings (SSSR count). The van der Waals surface area contributed by atoms with E-state index in [1.54, 1.807) is 0 Å².